The van der Waals surface area contributed by atoms with Crippen LogP contribution in [0.15, 0.2) is 24.3 Å². The first-order valence-electron chi connectivity index (χ1n) is 6.40. The van der Waals surface area contributed by atoms with Crippen LogP contribution in [0.5, 0.6) is 0 Å². The van der Waals surface area contributed by atoms with Crippen LogP contribution in [0.1, 0.15) is 12.8 Å². The van der Waals surface area contributed by atoms with E-state index in [2.05, 4.69) is 31.9 Å². The van der Waals surface area contributed by atoms with Crippen molar-refractivity contribution in [2.24, 2.45) is 11.8 Å². The molecular weight excluding hydrogens is 409 g/mol. The number of anilines is 1. The quantitative estimate of drug-likeness (QED) is 0.511. The molecule has 1 saturated heterocycles. The third-order valence-electron chi connectivity index (χ3n) is 3.98. The fraction of sp³-hybridized carbons (Fsp3) is 0.429. The van der Waals surface area contributed by atoms with E-state index in [-0.39, 0.29) is 33.3 Å². The number of imide groups is 1. The van der Waals surface area contributed by atoms with Gasteiger partial charge in [-0.3, -0.25) is 14.5 Å². The lowest BCUT2D eigenvalue weighted by Gasteiger charge is -2.29. The Kier molecular flexibility index (Phi) is 3.95. The summed E-state index contributed by atoms with van der Waals surface area (Å²) in [6.45, 7) is 0. The maximum absolute atomic E-state index is 12.5. The zero-order valence-corrected chi connectivity index (χ0v) is 14.4. The van der Waals surface area contributed by atoms with E-state index in [1.807, 2.05) is 0 Å². The topological polar surface area (TPSA) is 37.4 Å². The van der Waals surface area contributed by atoms with Gasteiger partial charge in [-0.05, 0) is 31.0 Å². The second kappa shape index (κ2) is 5.43. The predicted octanol–water partition coefficient (Wildman–Crippen LogP) is 3.77. The van der Waals surface area contributed by atoms with E-state index in [4.69, 9.17) is 11.6 Å². The van der Waals surface area contributed by atoms with Gasteiger partial charge < -0.3 is 0 Å². The summed E-state index contributed by atoms with van der Waals surface area (Å²) in [5.41, 5.74) is 0.569. The second-order valence-corrected chi connectivity index (χ2v) is 8.00. The average molecular weight is 422 g/mol. The molecule has 20 heavy (non-hydrogen) atoms. The normalized spacial score (nSPS) is 33.5. The van der Waals surface area contributed by atoms with Gasteiger partial charge in [-0.25, -0.2) is 0 Å². The zero-order chi connectivity index (χ0) is 14.4. The maximum atomic E-state index is 12.5. The standard InChI is InChI=1S/C14H12Br2ClNO2/c15-11-5-9-10(6-12(11)16)14(20)18(13(9)19)8-3-1-2-7(17)4-8/h1-4,9-12H,5-6H2/t9-,10+,11-,12-/m1/s1. The minimum Gasteiger partial charge on any atom is -0.274 e. The molecule has 1 aliphatic heterocycles. The van der Waals surface area contributed by atoms with Crippen LogP contribution >= 0.6 is 43.5 Å². The monoisotopic (exact) mass is 419 g/mol. The summed E-state index contributed by atoms with van der Waals surface area (Å²) in [6.07, 6.45) is 1.37. The van der Waals surface area contributed by atoms with Gasteiger partial charge in [0.15, 0.2) is 0 Å². The molecule has 0 aromatic heterocycles. The van der Waals surface area contributed by atoms with Crippen LogP contribution in [-0.4, -0.2) is 21.5 Å². The molecule has 1 aromatic carbocycles. The van der Waals surface area contributed by atoms with Crippen LogP contribution in [0.4, 0.5) is 5.69 Å². The van der Waals surface area contributed by atoms with Gasteiger partial charge in [0.05, 0.1) is 17.5 Å². The van der Waals surface area contributed by atoms with Gasteiger partial charge in [0.25, 0.3) is 0 Å². The van der Waals surface area contributed by atoms with Crippen molar-refractivity contribution >= 4 is 61.0 Å². The molecule has 3 rings (SSSR count). The fourth-order valence-electron chi connectivity index (χ4n) is 2.96. The Labute approximate surface area is 138 Å². The molecule has 0 radical (unpaired) electrons. The highest BCUT2D eigenvalue weighted by Gasteiger charge is 2.52. The van der Waals surface area contributed by atoms with Crippen molar-refractivity contribution in [2.45, 2.75) is 22.5 Å². The molecule has 2 fully saturated rings. The fourth-order valence-corrected chi connectivity index (χ4v) is 4.39. The molecule has 2 aliphatic rings. The molecule has 1 saturated carbocycles. The van der Waals surface area contributed by atoms with E-state index in [0.717, 1.165) is 0 Å². The van der Waals surface area contributed by atoms with Crippen LogP contribution in [0, 0.1) is 11.8 Å². The molecule has 1 heterocycles. The summed E-state index contributed by atoms with van der Waals surface area (Å²) in [5.74, 6) is -0.656. The summed E-state index contributed by atoms with van der Waals surface area (Å²) in [5, 5.41) is 0.523. The maximum Gasteiger partial charge on any atom is 0.237 e. The lowest BCUT2D eigenvalue weighted by Crippen LogP contribution is -2.34. The van der Waals surface area contributed by atoms with Crippen molar-refractivity contribution < 1.29 is 9.59 Å². The van der Waals surface area contributed by atoms with E-state index in [0.29, 0.717) is 23.6 Å². The summed E-state index contributed by atoms with van der Waals surface area (Å²) < 4.78 is 0. The lowest BCUT2D eigenvalue weighted by atomic mass is 9.81. The van der Waals surface area contributed by atoms with Crippen LogP contribution in [-0.2, 0) is 9.59 Å². The molecule has 0 N–H and O–H groups in total. The number of amides is 2. The van der Waals surface area contributed by atoms with E-state index < -0.39 is 0 Å². The van der Waals surface area contributed by atoms with Crippen LogP contribution in [0.2, 0.25) is 5.02 Å². The zero-order valence-electron chi connectivity index (χ0n) is 10.4. The molecule has 0 spiro atoms. The summed E-state index contributed by atoms with van der Waals surface area (Å²) >= 11 is 13.1. The van der Waals surface area contributed by atoms with Gasteiger partial charge in [-0.2, -0.15) is 0 Å². The molecule has 3 nitrogen and oxygen atoms in total. The number of carbonyl (C=O) groups is 2. The molecule has 6 heteroatoms. The third kappa shape index (κ3) is 2.34. The third-order valence-corrected chi connectivity index (χ3v) is 6.95. The number of rotatable bonds is 1. The van der Waals surface area contributed by atoms with Gasteiger partial charge >= 0.3 is 0 Å². The Morgan fingerprint density at radius 3 is 2.10 bits per heavy atom. The van der Waals surface area contributed by atoms with Gasteiger partial charge in [-0.1, -0.05) is 49.5 Å². The highest BCUT2D eigenvalue weighted by molar-refractivity contribution is 9.12. The van der Waals surface area contributed by atoms with Crippen LogP contribution < -0.4 is 4.90 Å². The lowest BCUT2D eigenvalue weighted by molar-refractivity contribution is -0.122. The summed E-state index contributed by atoms with van der Waals surface area (Å²) in [4.78, 5) is 26.8. The second-order valence-electron chi connectivity index (χ2n) is 5.21. The first kappa shape index (κ1) is 14.5. The average Bonchev–Trinajstić information content (AvgIpc) is 2.63. The van der Waals surface area contributed by atoms with Crippen molar-refractivity contribution in [3.8, 4) is 0 Å². The number of hydrogen-bond donors (Lipinski definition) is 0. The van der Waals surface area contributed by atoms with Crippen molar-refractivity contribution in [1.29, 1.82) is 0 Å². The van der Waals surface area contributed by atoms with Crippen molar-refractivity contribution in [1.82, 2.24) is 0 Å². The number of carbonyl (C=O) groups excluding carboxylic acids is 2. The van der Waals surface area contributed by atoms with Crippen LogP contribution in [0.3, 0.4) is 0 Å². The first-order valence-corrected chi connectivity index (χ1v) is 8.61. The number of fused-ring (bicyclic) bond motifs is 1. The summed E-state index contributed by atoms with van der Waals surface area (Å²) in [6, 6.07) is 6.88. The van der Waals surface area contributed by atoms with E-state index in [9.17, 15) is 9.59 Å². The molecule has 0 unspecified atom stereocenters. The Morgan fingerprint density at radius 2 is 1.60 bits per heavy atom. The number of alkyl halides is 2. The highest BCUT2D eigenvalue weighted by atomic mass is 79.9. The molecule has 1 aromatic rings. The Balaban J connectivity index is 1.95. The highest BCUT2D eigenvalue weighted by Crippen LogP contribution is 2.44. The molecular formula is C14H12Br2ClNO2. The van der Waals surface area contributed by atoms with Crippen LogP contribution in [0.25, 0.3) is 0 Å². The van der Waals surface area contributed by atoms with Crippen molar-refractivity contribution in [2.75, 3.05) is 4.90 Å². The molecule has 106 valence electrons. The predicted molar refractivity (Wildman–Crippen MR) is 85.6 cm³/mol. The minimum absolute atomic E-state index is 0.105. The SMILES string of the molecule is O=C1[C@H]2C[C@@H](Br)[C@H](Br)C[C@H]2C(=O)N1c1cccc(Cl)c1. The first-order chi connectivity index (χ1) is 9.49. The minimum atomic E-state index is -0.223. The number of benzene rings is 1. The molecule has 0 bridgehead atoms. The molecule has 2 amide bonds. The molecule has 1 aliphatic carbocycles. The Bertz CT molecular complexity index is 552. The smallest absolute Gasteiger partial charge is 0.237 e. The number of nitrogens with zero attached hydrogens (tertiary/aromatic N) is 1. The van der Waals surface area contributed by atoms with Gasteiger partial charge in [0.1, 0.15) is 0 Å². The van der Waals surface area contributed by atoms with E-state index >= 15 is 0 Å². The van der Waals surface area contributed by atoms with Crippen molar-refractivity contribution in [3.63, 3.8) is 0 Å². The summed E-state index contributed by atoms with van der Waals surface area (Å²) in [7, 11) is 0. The molecule has 4 atom stereocenters. The van der Waals surface area contributed by atoms with Gasteiger partial charge in [0, 0.05) is 14.7 Å². The van der Waals surface area contributed by atoms with Gasteiger partial charge in [-0.15, -0.1) is 0 Å². The number of hydrogen-bond acceptors (Lipinski definition) is 2. The van der Waals surface area contributed by atoms with E-state index in [1.165, 1.54) is 4.90 Å². The van der Waals surface area contributed by atoms with Gasteiger partial charge in [0.2, 0.25) is 11.8 Å². The Morgan fingerprint density at radius 1 is 1.05 bits per heavy atom. The largest absolute Gasteiger partial charge is 0.274 e. The Hall–Kier alpha value is -0.390. The van der Waals surface area contributed by atoms with Crippen molar-refractivity contribution in [3.05, 3.63) is 29.3 Å². The number of halogens is 3. The van der Waals surface area contributed by atoms with E-state index in [1.54, 1.807) is 24.3 Å².